The van der Waals surface area contributed by atoms with Gasteiger partial charge in [0.05, 0.1) is 6.20 Å². The lowest BCUT2D eigenvalue weighted by molar-refractivity contribution is 0.173. The summed E-state index contributed by atoms with van der Waals surface area (Å²) in [5.74, 6) is 0.184. The molecule has 3 nitrogen and oxygen atoms in total. The molecule has 138 valence electrons. The lowest BCUT2D eigenvalue weighted by Gasteiger charge is -2.35. The van der Waals surface area contributed by atoms with Crippen molar-refractivity contribution in [2.24, 2.45) is 5.92 Å². The standard InChI is InChI=1S/C21H25F2N3/c22-17-8-9-20(23)18(11-17)19-12-24-25-21(19)16-7-4-10-26(14-16)13-15-5-2-1-3-6-15/h1-2,8-9,11-12,15-16H,3-7,10,13-14H2,(H,24,25). The van der Waals surface area contributed by atoms with Crippen LogP contribution in [-0.2, 0) is 0 Å². The maximum atomic E-state index is 14.2. The fourth-order valence-electron chi connectivity index (χ4n) is 4.37. The number of piperidine rings is 1. The Hall–Kier alpha value is -2.01. The van der Waals surface area contributed by atoms with Crippen molar-refractivity contribution in [3.05, 3.63) is 53.9 Å². The van der Waals surface area contributed by atoms with Crippen molar-refractivity contribution in [3.63, 3.8) is 0 Å². The van der Waals surface area contributed by atoms with Crippen LogP contribution in [0.15, 0.2) is 36.5 Å². The van der Waals surface area contributed by atoms with E-state index in [0.717, 1.165) is 50.2 Å². The molecular weight excluding hydrogens is 332 g/mol. The third-order valence-electron chi connectivity index (χ3n) is 5.70. The van der Waals surface area contributed by atoms with Crippen molar-refractivity contribution in [2.75, 3.05) is 19.6 Å². The van der Waals surface area contributed by atoms with Gasteiger partial charge >= 0.3 is 0 Å². The summed E-state index contributed by atoms with van der Waals surface area (Å²) < 4.78 is 27.9. The highest BCUT2D eigenvalue weighted by Gasteiger charge is 2.27. The molecule has 2 aliphatic rings. The van der Waals surface area contributed by atoms with Crippen molar-refractivity contribution in [2.45, 2.75) is 38.0 Å². The van der Waals surface area contributed by atoms with Gasteiger partial charge in [-0.25, -0.2) is 8.78 Å². The Labute approximate surface area is 153 Å². The summed E-state index contributed by atoms with van der Waals surface area (Å²) in [5.41, 5.74) is 1.92. The van der Waals surface area contributed by atoms with Crippen LogP contribution in [0.5, 0.6) is 0 Å². The van der Waals surface area contributed by atoms with Crippen molar-refractivity contribution >= 4 is 0 Å². The first-order chi connectivity index (χ1) is 12.7. The zero-order valence-corrected chi connectivity index (χ0v) is 14.9. The number of halogens is 2. The van der Waals surface area contributed by atoms with Gasteiger partial charge in [-0.1, -0.05) is 12.2 Å². The zero-order valence-electron chi connectivity index (χ0n) is 14.9. The van der Waals surface area contributed by atoms with Gasteiger partial charge in [0.2, 0.25) is 0 Å². The first-order valence-corrected chi connectivity index (χ1v) is 9.56. The van der Waals surface area contributed by atoms with Gasteiger partial charge in [0.25, 0.3) is 0 Å². The minimum Gasteiger partial charge on any atom is -0.302 e. The van der Waals surface area contributed by atoms with E-state index in [2.05, 4.69) is 27.2 Å². The third-order valence-corrected chi connectivity index (χ3v) is 5.70. The van der Waals surface area contributed by atoms with Gasteiger partial charge in [-0.2, -0.15) is 5.10 Å². The molecule has 1 saturated heterocycles. The number of hydrogen-bond acceptors (Lipinski definition) is 2. The van der Waals surface area contributed by atoms with Gasteiger partial charge in [0.1, 0.15) is 11.6 Å². The first kappa shape index (κ1) is 17.4. The highest BCUT2D eigenvalue weighted by molar-refractivity contribution is 5.66. The molecule has 4 rings (SSSR count). The van der Waals surface area contributed by atoms with Crippen LogP contribution < -0.4 is 0 Å². The molecule has 2 heterocycles. The van der Waals surface area contributed by atoms with Gasteiger partial charge in [0.15, 0.2) is 0 Å². The van der Waals surface area contributed by atoms with E-state index in [9.17, 15) is 8.78 Å². The summed E-state index contributed by atoms with van der Waals surface area (Å²) in [4.78, 5) is 2.53. The van der Waals surface area contributed by atoms with E-state index in [1.807, 2.05) is 0 Å². The van der Waals surface area contributed by atoms with Crippen molar-refractivity contribution < 1.29 is 8.78 Å². The molecule has 1 aliphatic carbocycles. The van der Waals surface area contributed by atoms with Gasteiger partial charge in [-0.05, 0) is 62.8 Å². The number of allylic oxidation sites excluding steroid dienone is 2. The van der Waals surface area contributed by atoms with Crippen molar-refractivity contribution in [1.29, 1.82) is 0 Å². The lowest BCUT2D eigenvalue weighted by atomic mass is 9.88. The minimum atomic E-state index is -0.427. The van der Waals surface area contributed by atoms with Crippen LogP contribution in [0.4, 0.5) is 8.78 Å². The topological polar surface area (TPSA) is 31.9 Å². The average Bonchev–Trinajstić information content (AvgIpc) is 3.14. The summed E-state index contributed by atoms with van der Waals surface area (Å²) >= 11 is 0. The Balaban J connectivity index is 1.52. The molecule has 1 aromatic carbocycles. The Morgan fingerprint density at radius 3 is 2.92 bits per heavy atom. The minimum absolute atomic E-state index is 0.281. The average molecular weight is 357 g/mol. The van der Waals surface area contributed by atoms with Crippen LogP contribution in [0.1, 0.15) is 43.7 Å². The van der Waals surface area contributed by atoms with Crippen LogP contribution in [0, 0.1) is 17.6 Å². The van der Waals surface area contributed by atoms with Gasteiger partial charge < -0.3 is 4.90 Å². The van der Waals surface area contributed by atoms with Crippen LogP contribution in [0.2, 0.25) is 0 Å². The number of H-pyrrole nitrogens is 1. The van der Waals surface area contributed by atoms with Crippen LogP contribution in [-0.4, -0.2) is 34.7 Å². The Kier molecular flexibility index (Phi) is 5.16. The van der Waals surface area contributed by atoms with E-state index in [0.29, 0.717) is 11.1 Å². The highest BCUT2D eigenvalue weighted by Crippen LogP contribution is 2.35. The second-order valence-electron chi connectivity index (χ2n) is 7.57. The van der Waals surface area contributed by atoms with E-state index in [1.165, 1.54) is 31.4 Å². The highest BCUT2D eigenvalue weighted by atomic mass is 19.1. The Morgan fingerprint density at radius 1 is 1.15 bits per heavy atom. The fourth-order valence-corrected chi connectivity index (χ4v) is 4.37. The molecule has 5 heteroatoms. The summed E-state index contributed by atoms with van der Waals surface area (Å²) in [6.07, 6.45) is 12.0. The molecule has 2 atom stereocenters. The molecular formula is C21H25F2N3. The Bertz CT molecular complexity index is 783. The Morgan fingerprint density at radius 2 is 2.08 bits per heavy atom. The molecule has 0 radical (unpaired) electrons. The zero-order chi connectivity index (χ0) is 17.9. The number of nitrogens with zero attached hydrogens (tertiary/aromatic N) is 2. The normalized spacial score (nSPS) is 24.1. The largest absolute Gasteiger partial charge is 0.302 e. The number of nitrogens with one attached hydrogen (secondary N) is 1. The quantitative estimate of drug-likeness (QED) is 0.790. The second-order valence-corrected chi connectivity index (χ2v) is 7.57. The van der Waals surface area contributed by atoms with Crippen LogP contribution in [0.3, 0.4) is 0 Å². The van der Waals surface area contributed by atoms with Gasteiger partial charge in [-0.15, -0.1) is 0 Å². The summed E-state index contributed by atoms with van der Waals surface area (Å²) in [6.45, 7) is 3.19. The van der Waals surface area contributed by atoms with E-state index in [1.54, 1.807) is 6.20 Å². The molecule has 0 spiro atoms. The molecule has 1 aliphatic heterocycles. The van der Waals surface area contributed by atoms with Crippen molar-refractivity contribution in [1.82, 2.24) is 15.1 Å². The predicted octanol–water partition coefficient (Wildman–Crippen LogP) is 4.89. The number of likely N-dealkylation sites (tertiary alicyclic amines) is 1. The molecule has 26 heavy (non-hydrogen) atoms. The van der Waals surface area contributed by atoms with Crippen LogP contribution >= 0.6 is 0 Å². The maximum absolute atomic E-state index is 14.2. The molecule has 1 N–H and O–H groups in total. The summed E-state index contributed by atoms with van der Waals surface area (Å²) in [5, 5.41) is 7.21. The first-order valence-electron chi connectivity index (χ1n) is 9.56. The molecule has 2 unspecified atom stereocenters. The van der Waals surface area contributed by atoms with E-state index < -0.39 is 11.6 Å². The number of aromatic nitrogens is 2. The van der Waals surface area contributed by atoms with Gasteiger partial charge in [-0.3, -0.25) is 5.10 Å². The summed E-state index contributed by atoms with van der Waals surface area (Å²) in [6, 6.07) is 3.60. The molecule has 1 aromatic heterocycles. The van der Waals surface area contributed by atoms with Gasteiger partial charge in [0, 0.05) is 35.8 Å². The predicted molar refractivity (Wildman–Crippen MR) is 98.8 cm³/mol. The molecule has 0 saturated carbocycles. The van der Waals surface area contributed by atoms with E-state index in [-0.39, 0.29) is 5.92 Å². The fraction of sp³-hybridized carbons (Fsp3) is 0.476. The third kappa shape index (κ3) is 3.73. The molecule has 2 aromatic rings. The van der Waals surface area contributed by atoms with Crippen LogP contribution in [0.25, 0.3) is 11.1 Å². The number of aromatic amines is 1. The number of benzene rings is 1. The lowest BCUT2D eigenvalue weighted by Crippen LogP contribution is -2.38. The monoisotopic (exact) mass is 357 g/mol. The number of rotatable bonds is 4. The molecule has 1 fully saturated rings. The summed E-state index contributed by atoms with van der Waals surface area (Å²) in [7, 11) is 0. The molecule has 0 bridgehead atoms. The van der Waals surface area contributed by atoms with Crippen molar-refractivity contribution in [3.8, 4) is 11.1 Å². The SMILES string of the molecule is Fc1ccc(F)c(-c2cn[nH]c2C2CCCN(CC3CC=CCC3)C2)c1. The van der Waals surface area contributed by atoms with E-state index >= 15 is 0 Å². The smallest absolute Gasteiger partial charge is 0.131 e. The number of hydrogen-bond donors (Lipinski definition) is 1. The maximum Gasteiger partial charge on any atom is 0.131 e. The van der Waals surface area contributed by atoms with E-state index in [4.69, 9.17) is 0 Å². The second kappa shape index (κ2) is 7.70. The molecule has 0 amide bonds.